The third-order valence-electron chi connectivity index (χ3n) is 1.74. The summed E-state index contributed by atoms with van der Waals surface area (Å²) in [4.78, 5) is 0. The van der Waals surface area contributed by atoms with Crippen LogP contribution in [0.3, 0.4) is 0 Å². The van der Waals surface area contributed by atoms with Crippen LogP contribution in [0.4, 0.5) is 4.39 Å². The summed E-state index contributed by atoms with van der Waals surface area (Å²) in [7, 11) is 0. The number of benzene rings is 1. The molecule has 1 rings (SSSR count). The molecule has 1 unspecified atom stereocenters. The lowest BCUT2D eigenvalue weighted by Crippen LogP contribution is -2.04. The van der Waals surface area contributed by atoms with Crippen LogP contribution in [0.2, 0.25) is 0 Å². The van der Waals surface area contributed by atoms with E-state index in [1.54, 1.807) is 6.07 Å². The van der Waals surface area contributed by atoms with Gasteiger partial charge in [0.1, 0.15) is 5.82 Å². The number of hydrogen-bond donors (Lipinski definition) is 1. The Hall–Kier alpha value is -2.17. The van der Waals surface area contributed by atoms with Gasteiger partial charge in [-0.1, -0.05) is 12.1 Å². The maximum Gasteiger partial charge on any atom is 0.175 e. The highest BCUT2D eigenvalue weighted by molar-refractivity contribution is 5.59. The van der Waals surface area contributed by atoms with Gasteiger partial charge >= 0.3 is 0 Å². The van der Waals surface area contributed by atoms with E-state index in [9.17, 15) is 4.39 Å². The first-order valence-corrected chi connectivity index (χ1v) is 4.12. The summed E-state index contributed by atoms with van der Waals surface area (Å²) in [6, 6.07) is 8.63. The van der Waals surface area contributed by atoms with Crippen LogP contribution >= 0.6 is 0 Å². The molecule has 0 radical (unpaired) electrons. The molecule has 1 aromatic carbocycles. The van der Waals surface area contributed by atoms with Gasteiger partial charge in [-0.05, 0) is 23.8 Å². The van der Waals surface area contributed by atoms with E-state index >= 15 is 0 Å². The van der Waals surface area contributed by atoms with Crippen molar-refractivity contribution in [1.82, 2.24) is 0 Å². The molecule has 0 saturated heterocycles. The van der Waals surface area contributed by atoms with Gasteiger partial charge in [-0.3, -0.25) is 0 Å². The molecule has 0 aliphatic carbocycles. The number of hydrogen-bond acceptors (Lipinski definition) is 3. The van der Waals surface area contributed by atoms with Crippen LogP contribution in [-0.4, -0.2) is 11.2 Å². The minimum absolute atomic E-state index is 0.0656. The SMILES string of the molecule is N#CC(=Cc1ccc(F)cc1)C(O)C#N. The number of nitrogens with zero attached hydrogens (tertiary/aromatic N) is 2. The van der Waals surface area contributed by atoms with E-state index in [1.807, 2.05) is 0 Å². The summed E-state index contributed by atoms with van der Waals surface area (Å²) in [6.45, 7) is 0. The number of nitriles is 2. The van der Waals surface area contributed by atoms with Crippen molar-refractivity contribution in [3.63, 3.8) is 0 Å². The standard InChI is InChI=1S/C11H7FN2O/c12-10-3-1-8(2-4-10)5-9(6-13)11(15)7-14/h1-5,11,15H. The molecule has 4 heteroatoms. The summed E-state index contributed by atoms with van der Waals surface area (Å²) in [5.74, 6) is -0.383. The lowest BCUT2D eigenvalue weighted by atomic mass is 10.1. The monoisotopic (exact) mass is 202 g/mol. The van der Waals surface area contributed by atoms with Crippen molar-refractivity contribution in [2.45, 2.75) is 6.10 Å². The van der Waals surface area contributed by atoms with Crippen molar-refractivity contribution in [2.24, 2.45) is 0 Å². The van der Waals surface area contributed by atoms with Crippen molar-refractivity contribution >= 4 is 6.08 Å². The molecule has 0 fully saturated rings. The molecule has 0 aromatic heterocycles. The van der Waals surface area contributed by atoms with Gasteiger partial charge in [-0.15, -0.1) is 0 Å². The fourth-order valence-electron chi connectivity index (χ4n) is 0.980. The Balaban J connectivity index is 3.01. The minimum atomic E-state index is -1.44. The molecule has 0 saturated carbocycles. The molecular formula is C11H7FN2O. The third kappa shape index (κ3) is 2.91. The normalized spacial score (nSPS) is 12.7. The van der Waals surface area contributed by atoms with Crippen LogP contribution in [0.15, 0.2) is 29.8 Å². The summed E-state index contributed by atoms with van der Waals surface area (Å²) < 4.78 is 12.5. The zero-order valence-corrected chi connectivity index (χ0v) is 7.68. The largest absolute Gasteiger partial charge is 0.373 e. The van der Waals surface area contributed by atoms with Crippen LogP contribution in [0.25, 0.3) is 6.08 Å². The zero-order chi connectivity index (χ0) is 11.3. The predicted octanol–water partition coefficient (Wildman–Crippen LogP) is 1.62. The molecule has 1 atom stereocenters. The molecule has 3 nitrogen and oxygen atoms in total. The van der Waals surface area contributed by atoms with Gasteiger partial charge in [0.05, 0.1) is 17.7 Å². The van der Waals surface area contributed by atoms with Gasteiger partial charge in [0.15, 0.2) is 6.10 Å². The fraction of sp³-hybridized carbons (Fsp3) is 0.0909. The average molecular weight is 202 g/mol. The van der Waals surface area contributed by atoms with Crippen molar-refractivity contribution in [3.8, 4) is 12.1 Å². The molecule has 15 heavy (non-hydrogen) atoms. The number of rotatable bonds is 2. The van der Waals surface area contributed by atoms with Gasteiger partial charge in [-0.25, -0.2) is 4.39 Å². The van der Waals surface area contributed by atoms with E-state index in [-0.39, 0.29) is 11.4 Å². The smallest absolute Gasteiger partial charge is 0.175 e. The van der Waals surface area contributed by atoms with Gasteiger partial charge in [-0.2, -0.15) is 10.5 Å². The molecule has 1 N–H and O–H groups in total. The van der Waals surface area contributed by atoms with Crippen LogP contribution in [-0.2, 0) is 0 Å². The Kier molecular flexibility index (Phi) is 3.56. The van der Waals surface area contributed by atoms with Gasteiger partial charge in [0, 0.05) is 0 Å². The topological polar surface area (TPSA) is 67.8 Å². The van der Waals surface area contributed by atoms with E-state index < -0.39 is 6.10 Å². The maximum atomic E-state index is 12.5. The van der Waals surface area contributed by atoms with Crippen LogP contribution in [0.5, 0.6) is 0 Å². The molecule has 1 aromatic rings. The first-order chi connectivity index (χ1) is 7.17. The Morgan fingerprint density at radius 1 is 1.33 bits per heavy atom. The van der Waals surface area contributed by atoms with E-state index in [0.717, 1.165) is 0 Å². The van der Waals surface area contributed by atoms with Crippen LogP contribution in [0, 0.1) is 28.5 Å². The molecular weight excluding hydrogens is 195 g/mol. The Morgan fingerprint density at radius 2 is 1.93 bits per heavy atom. The minimum Gasteiger partial charge on any atom is -0.373 e. The molecule has 0 aliphatic rings. The Morgan fingerprint density at radius 3 is 2.40 bits per heavy atom. The summed E-state index contributed by atoms with van der Waals surface area (Å²) in [5, 5.41) is 26.2. The quantitative estimate of drug-likeness (QED) is 0.585. The second-order valence-electron chi connectivity index (χ2n) is 2.79. The first-order valence-electron chi connectivity index (χ1n) is 4.12. The third-order valence-corrected chi connectivity index (χ3v) is 1.74. The van der Waals surface area contributed by atoms with E-state index in [2.05, 4.69) is 0 Å². The Labute approximate surface area is 86.3 Å². The van der Waals surface area contributed by atoms with Gasteiger partial charge in [0.2, 0.25) is 0 Å². The summed E-state index contributed by atoms with van der Waals surface area (Å²) in [6.07, 6.45) is -0.104. The Bertz CT molecular complexity index is 451. The van der Waals surface area contributed by atoms with Crippen molar-refractivity contribution < 1.29 is 9.50 Å². The first kappa shape index (κ1) is 10.9. The van der Waals surface area contributed by atoms with Crippen molar-refractivity contribution in [1.29, 1.82) is 10.5 Å². The molecule has 0 aliphatic heterocycles. The summed E-state index contributed by atoms with van der Waals surface area (Å²) in [5.41, 5.74) is 0.492. The molecule has 0 spiro atoms. The fourth-order valence-corrected chi connectivity index (χ4v) is 0.980. The van der Waals surface area contributed by atoms with E-state index in [4.69, 9.17) is 15.6 Å². The maximum absolute atomic E-state index is 12.5. The van der Waals surface area contributed by atoms with E-state index in [1.165, 1.54) is 36.4 Å². The van der Waals surface area contributed by atoms with Gasteiger partial charge < -0.3 is 5.11 Å². The summed E-state index contributed by atoms with van der Waals surface area (Å²) >= 11 is 0. The second-order valence-corrected chi connectivity index (χ2v) is 2.79. The molecule has 74 valence electrons. The second kappa shape index (κ2) is 4.90. The lowest BCUT2D eigenvalue weighted by Gasteiger charge is -1.99. The predicted molar refractivity (Wildman–Crippen MR) is 51.6 cm³/mol. The molecule has 0 amide bonds. The lowest BCUT2D eigenvalue weighted by molar-refractivity contribution is 0.271. The van der Waals surface area contributed by atoms with E-state index in [0.29, 0.717) is 5.56 Å². The van der Waals surface area contributed by atoms with Crippen molar-refractivity contribution in [3.05, 3.63) is 41.2 Å². The number of halogens is 1. The molecule has 0 bridgehead atoms. The highest BCUT2D eigenvalue weighted by Gasteiger charge is 2.08. The van der Waals surface area contributed by atoms with Crippen LogP contribution < -0.4 is 0 Å². The highest BCUT2D eigenvalue weighted by Crippen LogP contribution is 2.10. The molecule has 0 heterocycles. The number of aliphatic hydroxyl groups is 1. The zero-order valence-electron chi connectivity index (χ0n) is 7.68. The van der Waals surface area contributed by atoms with Crippen LogP contribution in [0.1, 0.15) is 5.56 Å². The highest BCUT2D eigenvalue weighted by atomic mass is 19.1. The number of aliphatic hydroxyl groups excluding tert-OH is 1. The van der Waals surface area contributed by atoms with Crippen molar-refractivity contribution in [2.75, 3.05) is 0 Å². The average Bonchev–Trinajstić information content (AvgIpc) is 2.27. The van der Waals surface area contributed by atoms with Gasteiger partial charge in [0.25, 0.3) is 0 Å².